The Hall–Kier alpha value is -3.15. The maximum Gasteiger partial charge on any atom is 0.220 e. The summed E-state index contributed by atoms with van der Waals surface area (Å²) < 4.78 is 24.3. The molecule has 6 heteroatoms. The van der Waals surface area contributed by atoms with E-state index in [0.717, 1.165) is 23.3 Å². The zero-order valence-corrected chi connectivity index (χ0v) is 14.7. The molecule has 1 aliphatic rings. The lowest BCUT2D eigenvalue weighted by molar-refractivity contribution is -0.122. The third-order valence-corrected chi connectivity index (χ3v) is 4.54. The molecule has 0 saturated carbocycles. The number of aryl methyl sites for hydroxylation is 1. The first kappa shape index (κ1) is 17.3. The van der Waals surface area contributed by atoms with E-state index in [0.29, 0.717) is 24.7 Å². The highest BCUT2D eigenvalue weighted by atomic mass is 19.1. The molecule has 0 radical (unpaired) electrons. The maximum absolute atomic E-state index is 13.0. The molecule has 4 rings (SSSR count). The van der Waals surface area contributed by atoms with Crippen molar-refractivity contribution in [2.45, 2.75) is 25.3 Å². The van der Waals surface area contributed by atoms with E-state index in [1.807, 2.05) is 24.3 Å². The van der Waals surface area contributed by atoms with Crippen molar-refractivity contribution in [1.29, 1.82) is 0 Å². The van der Waals surface area contributed by atoms with Gasteiger partial charge in [-0.3, -0.25) is 4.79 Å². The molecule has 0 aliphatic carbocycles. The van der Waals surface area contributed by atoms with Gasteiger partial charge in [-0.1, -0.05) is 18.2 Å². The molecular weight excluding hydrogens is 347 g/mol. The molecule has 1 atom stereocenters. The number of benzene rings is 2. The van der Waals surface area contributed by atoms with Gasteiger partial charge in [0.1, 0.15) is 11.6 Å². The van der Waals surface area contributed by atoms with Gasteiger partial charge in [0.25, 0.3) is 0 Å². The molecule has 1 aliphatic heterocycles. The topological polar surface area (TPSA) is 64.4 Å². The Morgan fingerprint density at radius 1 is 1.19 bits per heavy atom. The SMILES string of the molecule is O=C(CCc1ncc(-c2ccc(F)cc2)o1)N[C@H]1CCOc2ccccc21. The average Bonchev–Trinajstić information content (AvgIpc) is 3.16. The van der Waals surface area contributed by atoms with E-state index in [4.69, 9.17) is 9.15 Å². The summed E-state index contributed by atoms with van der Waals surface area (Å²) in [6.45, 7) is 0.586. The van der Waals surface area contributed by atoms with Crippen molar-refractivity contribution in [2.24, 2.45) is 0 Å². The number of nitrogens with one attached hydrogen (secondary N) is 1. The monoisotopic (exact) mass is 366 g/mol. The number of hydrogen-bond donors (Lipinski definition) is 1. The molecule has 27 heavy (non-hydrogen) atoms. The average molecular weight is 366 g/mol. The van der Waals surface area contributed by atoms with E-state index in [2.05, 4.69) is 10.3 Å². The van der Waals surface area contributed by atoms with Crippen LogP contribution in [0.5, 0.6) is 5.75 Å². The molecule has 0 bridgehead atoms. The molecule has 2 heterocycles. The van der Waals surface area contributed by atoms with Crippen LogP contribution in [0.4, 0.5) is 4.39 Å². The molecule has 0 saturated heterocycles. The number of carbonyl (C=O) groups excluding carboxylic acids is 1. The van der Waals surface area contributed by atoms with E-state index < -0.39 is 0 Å². The number of rotatable bonds is 5. The van der Waals surface area contributed by atoms with Crippen molar-refractivity contribution < 1.29 is 18.3 Å². The van der Waals surface area contributed by atoms with Gasteiger partial charge >= 0.3 is 0 Å². The predicted molar refractivity (Wildman–Crippen MR) is 97.7 cm³/mol. The van der Waals surface area contributed by atoms with Crippen molar-refractivity contribution in [3.63, 3.8) is 0 Å². The number of halogens is 1. The van der Waals surface area contributed by atoms with Crippen LogP contribution in [0.2, 0.25) is 0 Å². The fraction of sp³-hybridized carbons (Fsp3) is 0.238. The zero-order chi connectivity index (χ0) is 18.6. The molecule has 0 fully saturated rings. The van der Waals surface area contributed by atoms with Crippen LogP contribution in [-0.4, -0.2) is 17.5 Å². The van der Waals surface area contributed by atoms with Crippen molar-refractivity contribution in [3.05, 3.63) is 72.0 Å². The lowest BCUT2D eigenvalue weighted by Gasteiger charge is -2.26. The van der Waals surface area contributed by atoms with Gasteiger partial charge in [-0.2, -0.15) is 0 Å². The smallest absolute Gasteiger partial charge is 0.220 e. The number of aromatic nitrogens is 1. The van der Waals surface area contributed by atoms with Gasteiger partial charge in [0.05, 0.1) is 18.8 Å². The fourth-order valence-electron chi connectivity index (χ4n) is 3.15. The number of para-hydroxylation sites is 1. The normalized spacial score (nSPS) is 15.7. The van der Waals surface area contributed by atoms with Crippen molar-refractivity contribution >= 4 is 5.91 Å². The summed E-state index contributed by atoms with van der Waals surface area (Å²) in [5.74, 6) is 1.51. The molecule has 0 unspecified atom stereocenters. The fourth-order valence-corrected chi connectivity index (χ4v) is 3.15. The molecule has 1 N–H and O–H groups in total. The Bertz CT molecular complexity index is 937. The van der Waals surface area contributed by atoms with Crippen LogP contribution in [0.15, 0.2) is 59.1 Å². The number of carbonyl (C=O) groups is 1. The third-order valence-electron chi connectivity index (χ3n) is 4.54. The van der Waals surface area contributed by atoms with E-state index >= 15 is 0 Å². The lowest BCUT2D eigenvalue weighted by atomic mass is 10.0. The minimum atomic E-state index is -0.301. The zero-order valence-electron chi connectivity index (χ0n) is 14.7. The van der Waals surface area contributed by atoms with Gasteiger partial charge < -0.3 is 14.5 Å². The number of oxazole rings is 1. The first-order valence-corrected chi connectivity index (χ1v) is 8.91. The van der Waals surface area contributed by atoms with Gasteiger partial charge in [0, 0.05) is 30.4 Å². The lowest BCUT2D eigenvalue weighted by Crippen LogP contribution is -2.32. The number of fused-ring (bicyclic) bond motifs is 1. The van der Waals surface area contributed by atoms with E-state index in [1.165, 1.54) is 12.1 Å². The van der Waals surface area contributed by atoms with Gasteiger partial charge in [-0.25, -0.2) is 9.37 Å². The molecule has 3 aromatic rings. The Balaban J connectivity index is 1.34. The number of hydrogen-bond acceptors (Lipinski definition) is 4. The summed E-state index contributed by atoms with van der Waals surface area (Å²) in [5.41, 5.74) is 1.75. The van der Waals surface area contributed by atoms with Crippen LogP contribution >= 0.6 is 0 Å². The largest absolute Gasteiger partial charge is 0.493 e. The molecular formula is C21H19FN2O3. The minimum absolute atomic E-state index is 0.0400. The highest BCUT2D eigenvalue weighted by molar-refractivity contribution is 5.76. The summed E-state index contributed by atoms with van der Waals surface area (Å²) in [5, 5.41) is 3.06. The van der Waals surface area contributed by atoms with Gasteiger partial charge in [0.2, 0.25) is 5.91 Å². The highest BCUT2D eigenvalue weighted by Crippen LogP contribution is 2.31. The summed E-state index contributed by atoms with van der Waals surface area (Å²) in [4.78, 5) is 16.6. The van der Waals surface area contributed by atoms with E-state index in [9.17, 15) is 9.18 Å². The predicted octanol–water partition coefficient (Wildman–Crippen LogP) is 4.05. The molecule has 138 valence electrons. The maximum atomic E-state index is 13.0. The van der Waals surface area contributed by atoms with Crippen LogP contribution in [0, 0.1) is 5.82 Å². The second-order valence-corrected chi connectivity index (χ2v) is 6.42. The Morgan fingerprint density at radius 3 is 2.85 bits per heavy atom. The minimum Gasteiger partial charge on any atom is -0.493 e. The molecule has 0 spiro atoms. The third kappa shape index (κ3) is 4.00. The summed E-state index contributed by atoms with van der Waals surface area (Å²) >= 11 is 0. The molecule has 1 aromatic heterocycles. The standard InChI is InChI=1S/C21H19FN2O3/c22-15-7-5-14(6-8-15)19-13-23-21(27-19)10-9-20(25)24-17-11-12-26-18-4-2-1-3-16(17)18/h1-8,13,17H,9-12H2,(H,24,25)/t17-/m0/s1. The van der Waals surface area contributed by atoms with Crippen molar-refractivity contribution in [2.75, 3.05) is 6.61 Å². The number of ether oxygens (including phenoxy) is 1. The second kappa shape index (κ2) is 7.61. The Labute approximate surface area is 156 Å². The van der Waals surface area contributed by atoms with Crippen molar-refractivity contribution in [1.82, 2.24) is 10.3 Å². The summed E-state index contributed by atoms with van der Waals surface area (Å²) in [7, 11) is 0. The van der Waals surface area contributed by atoms with Crippen LogP contribution in [0.3, 0.4) is 0 Å². The van der Waals surface area contributed by atoms with Crippen LogP contribution in [-0.2, 0) is 11.2 Å². The summed E-state index contributed by atoms with van der Waals surface area (Å²) in [6.07, 6.45) is 3.02. The molecule has 2 aromatic carbocycles. The van der Waals surface area contributed by atoms with Gasteiger partial charge in [-0.05, 0) is 30.3 Å². The van der Waals surface area contributed by atoms with Crippen LogP contribution < -0.4 is 10.1 Å². The van der Waals surface area contributed by atoms with E-state index in [-0.39, 0.29) is 24.2 Å². The number of nitrogens with zero attached hydrogens (tertiary/aromatic N) is 1. The van der Waals surface area contributed by atoms with Crippen LogP contribution in [0.1, 0.15) is 30.3 Å². The first-order chi connectivity index (χ1) is 13.2. The summed E-state index contributed by atoms with van der Waals surface area (Å²) in [6, 6.07) is 13.7. The molecule has 5 nitrogen and oxygen atoms in total. The number of amides is 1. The highest BCUT2D eigenvalue weighted by Gasteiger charge is 2.22. The van der Waals surface area contributed by atoms with E-state index in [1.54, 1.807) is 18.3 Å². The van der Waals surface area contributed by atoms with Gasteiger partial charge in [-0.15, -0.1) is 0 Å². The Morgan fingerprint density at radius 2 is 2.00 bits per heavy atom. The van der Waals surface area contributed by atoms with Crippen molar-refractivity contribution in [3.8, 4) is 17.1 Å². The first-order valence-electron chi connectivity index (χ1n) is 8.91. The quantitative estimate of drug-likeness (QED) is 0.740. The van der Waals surface area contributed by atoms with Gasteiger partial charge in [0.15, 0.2) is 11.7 Å². The van der Waals surface area contributed by atoms with Crippen LogP contribution in [0.25, 0.3) is 11.3 Å². The Kier molecular flexibility index (Phi) is 4.87. The molecule has 1 amide bonds. The second-order valence-electron chi connectivity index (χ2n) is 6.42.